The first-order valence-corrected chi connectivity index (χ1v) is 7.87. The number of amides is 2. The van der Waals surface area contributed by atoms with Crippen LogP contribution in [0.25, 0.3) is 10.9 Å². The lowest BCUT2D eigenvalue weighted by atomic mass is 10.1. The first kappa shape index (κ1) is 15.6. The Labute approximate surface area is 134 Å². The van der Waals surface area contributed by atoms with Gasteiger partial charge in [-0.3, -0.25) is 9.59 Å². The first-order valence-electron chi connectivity index (χ1n) is 7.87. The highest BCUT2D eigenvalue weighted by atomic mass is 16.3. The van der Waals surface area contributed by atoms with E-state index in [0.717, 1.165) is 29.4 Å². The normalized spacial score (nSPS) is 16.8. The molecule has 6 heteroatoms. The van der Waals surface area contributed by atoms with Gasteiger partial charge in [-0.05, 0) is 37.3 Å². The Balaban J connectivity index is 1.60. The molecule has 0 radical (unpaired) electrons. The van der Waals surface area contributed by atoms with Gasteiger partial charge in [-0.2, -0.15) is 0 Å². The van der Waals surface area contributed by atoms with Crippen LogP contribution in [-0.2, 0) is 16.1 Å². The molecule has 1 aromatic heterocycles. The molecule has 0 spiro atoms. The third-order valence-corrected chi connectivity index (χ3v) is 4.05. The second-order valence-corrected chi connectivity index (χ2v) is 6.10. The molecule has 2 aromatic rings. The number of carbonyl (C=O) groups is 2. The third kappa shape index (κ3) is 3.71. The van der Waals surface area contributed by atoms with Crippen LogP contribution >= 0.6 is 0 Å². The summed E-state index contributed by atoms with van der Waals surface area (Å²) in [5, 5.41) is 16.2. The van der Waals surface area contributed by atoms with E-state index < -0.39 is 12.1 Å². The summed E-state index contributed by atoms with van der Waals surface area (Å²) in [5.74, 6) is -0.540. The van der Waals surface area contributed by atoms with Crippen molar-refractivity contribution < 1.29 is 14.7 Å². The van der Waals surface area contributed by atoms with E-state index in [0.29, 0.717) is 6.54 Å². The zero-order chi connectivity index (χ0) is 16.4. The lowest BCUT2D eigenvalue weighted by molar-refractivity contribution is -0.132. The molecular weight excluding hydrogens is 294 g/mol. The summed E-state index contributed by atoms with van der Waals surface area (Å²) in [6.07, 6.45) is 0.768. The van der Waals surface area contributed by atoms with E-state index >= 15 is 0 Å². The van der Waals surface area contributed by atoms with E-state index in [-0.39, 0.29) is 17.7 Å². The van der Waals surface area contributed by atoms with Crippen molar-refractivity contribution in [3.8, 4) is 0 Å². The number of rotatable bonds is 6. The summed E-state index contributed by atoms with van der Waals surface area (Å²) in [6, 6.07) is 8.90. The second-order valence-electron chi connectivity index (χ2n) is 6.10. The van der Waals surface area contributed by atoms with Gasteiger partial charge in [0.05, 0.1) is 12.6 Å². The monoisotopic (exact) mass is 315 g/mol. The zero-order valence-corrected chi connectivity index (χ0v) is 13.0. The van der Waals surface area contributed by atoms with Crippen molar-refractivity contribution in [2.45, 2.75) is 38.5 Å². The molecule has 6 nitrogen and oxygen atoms in total. The molecule has 1 aromatic carbocycles. The number of aliphatic hydroxyl groups is 1. The quantitative estimate of drug-likeness (QED) is 0.642. The van der Waals surface area contributed by atoms with Crippen molar-refractivity contribution >= 4 is 22.7 Å². The van der Waals surface area contributed by atoms with Gasteiger partial charge in [-0.15, -0.1) is 0 Å². The summed E-state index contributed by atoms with van der Waals surface area (Å²) < 4.78 is 0. The summed E-state index contributed by atoms with van der Waals surface area (Å²) in [7, 11) is 0. The average Bonchev–Trinajstić information content (AvgIpc) is 3.29. The second kappa shape index (κ2) is 6.42. The predicted octanol–water partition coefficient (Wildman–Crippen LogP) is 1.06. The van der Waals surface area contributed by atoms with Crippen molar-refractivity contribution in [1.82, 2.24) is 15.6 Å². The largest absolute Gasteiger partial charge is 0.391 e. The molecule has 2 amide bonds. The van der Waals surface area contributed by atoms with E-state index in [1.54, 1.807) is 0 Å². The summed E-state index contributed by atoms with van der Waals surface area (Å²) in [6.45, 7) is 1.82. The number of aromatic amines is 1. The smallest absolute Gasteiger partial charge is 0.245 e. The van der Waals surface area contributed by atoms with E-state index in [1.807, 2.05) is 30.3 Å². The number of para-hydroxylation sites is 1. The summed E-state index contributed by atoms with van der Waals surface area (Å²) in [4.78, 5) is 27.3. The Morgan fingerprint density at radius 3 is 2.74 bits per heavy atom. The Hall–Kier alpha value is -2.34. The minimum absolute atomic E-state index is 0.00208. The zero-order valence-electron chi connectivity index (χ0n) is 13.0. The van der Waals surface area contributed by atoms with E-state index in [4.69, 9.17) is 0 Å². The minimum Gasteiger partial charge on any atom is -0.391 e. The van der Waals surface area contributed by atoms with Crippen molar-refractivity contribution in [1.29, 1.82) is 0 Å². The fourth-order valence-corrected chi connectivity index (χ4v) is 2.54. The molecule has 3 rings (SSSR count). The Morgan fingerprint density at radius 2 is 2.09 bits per heavy atom. The number of nitrogens with one attached hydrogen (secondary N) is 3. The van der Waals surface area contributed by atoms with Crippen LogP contribution in [0.2, 0.25) is 0 Å². The predicted molar refractivity (Wildman–Crippen MR) is 86.5 cm³/mol. The number of hydrogen-bond donors (Lipinski definition) is 4. The molecule has 2 atom stereocenters. The maximum absolute atomic E-state index is 12.3. The molecule has 0 aliphatic heterocycles. The first-order chi connectivity index (χ1) is 11.0. The van der Waals surface area contributed by atoms with Gasteiger partial charge in [0, 0.05) is 17.1 Å². The fourth-order valence-electron chi connectivity index (χ4n) is 2.54. The van der Waals surface area contributed by atoms with Crippen LogP contribution in [0.3, 0.4) is 0 Å². The lowest BCUT2D eigenvalue weighted by Gasteiger charge is -2.20. The molecule has 4 N–H and O–H groups in total. The SMILES string of the molecule is CC(O)C(NC(=O)C1CC1)C(=O)NCc1cc2ccccc2[nH]1. The van der Waals surface area contributed by atoms with Crippen LogP contribution in [0.5, 0.6) is 0 Å². The maximum Gasteiger partial charge on any atom is 0.245 e. The average molecular weight is 315 g/mol. The standard InChI is InChI=1S/C17H21N3O3/c1-10(21)15(20-16(22)11-6-7-11)17(23)18-9-13-8-12-4-2-3-5-14(12)19-13/h2-5,8,10-11,15,19,21H,6-7,9H2,1H3,(H,18,23)(H,20,22). The summed E-state index contributed by atoms with van der Waals surface area (Å²) in [5.41, 5.74) is 1.88. The number of hydrogen-bond acceptors (Lipinski definition) is 3. The Kier molecular flexibility index (Phi) is 4.34. The number of fused-ring (bicyclic) bond motifs is 1. The van der Waals surface area contributed by atoms with Gasteiger partial charge in [0.25, 0.3) is 0 Å². The molecule has 0 saturated heterocycles. The van der Waals surface area contributed by atoms with Crippen molar-refractivity contribution in [2.24, 2.45) is 5.92 Å². The third-order valence-electron chi connectivity index (χ3n) is 4.05. The highest BCUT2D eigenvalue weighted by Gasteiger charge is 2.34. The molecule has 1 fully saturated rings. The molecule has 1 saturated carbocycles. The topological polar surface area (TPSA) is 94.2 Å². The van der Waals surface area contributed by atoms with Crippen molar-refractivity contribution in [2.75, 3.05) is 0 Å². The van der Waals surface area contributed by atoms with Crippen LogP contribution in [0.15, 0.2) is 30.3 Å². The minimum atomic E-state index is -0.944. The van der Waals surface area contributed by atoms with Gasteiger partial charge in [0.2, 0.25) is 11.8 Å². The lowest BCUT2D eigenvalue weighted by Crippen LogP contribution is -2.52. The Morgan fingerprint density at radius 1 is 1.35 bits per heavy atom. The number of aromatic nitrogens is 1. The highest BCUT2D eigenvalue weighted by molar-refractivity contribution is 5.89. The van der Waals surface area contributed by atoms with Crippen LogP contribution in [0.4, 0.5) is 0 Å². The molecule has 1 aliphatic rings. The molecule has 122 valence electrons. The highest BCUT2D eigenvalue weighted by Crippen LogP contribution is 2.29. The van der Waals surface area contributed by atoms with Gasteiger partial charge < -0.3 is 20.7 Å². The van der Waals surface area contributed by atoms with Crippen molar-refractivity contribution in [3.05, 3.63) is 36.0 Å². The number of carbonyl (C=O) groups excluding carboxylic acids is 2. The van der Waals surface area contributed by atoms with Crippen LogP contribution in [-0.4, -0.2) is 34.1 Å². The molecule has 0 bridgehead atoms. The molecule has 23 heavy (non-hydrogen) atoms. The Bertz CT molecular complexity index is 686. The molecule has 2 unspecified atom stereocenters. The van der Waals surface area contributed by atoms with E-state index in [1.165, 1.54) is 6.92 Å². The van der Waals surface area contributed by atoms with Gasteiger partial charge >= 0.3 is 0 Å². The van der Waals surface area contributed by atoms with E-state index in [2.05, 4.69) is 15.6 Å². The van der Waals surface area contributed by atoms with Gasteiger partial charge in [0.15, 0.2) is 0 Å². The van der Waals surface area contributed by atoms with Gasteiger partial charge in [-0.25, -0.2) is 0 Å². The van der Waals surface area contributed by atoms with Gasteiger partial charge in [0.1, 0.15) is 6.04 Å². The maximum atomic E-state index is 12.3. The van der Waals surface area contributed by atoms with Crippen LogP contribution < -0.4 is 10.6 Å². The molecular formula is C17H21N3O3. The molecule has 1 aliphatic carbocycles. The number of H-pyrrole nitrogens is 1. The fraction of sp³-hybridized carbons (Fsp3) is 0.412. The molecule has 1 heterocycles. The summed E-state index contributed by atoms with van der Waals surface area (Å²) >= 11 is 0. The van der Waals surface area contributed by atoms with Crippen molar-refractivity contribution in [3.63, 3.8) is 0 Å². The van der Waals surface area contributed by atoms with Gasteiger partial charge in [-0.1, -0.05) is 18.2 Å². The van der Waals surface area contributed by atoms with E-state index in [9.17, 15) is 14.7 Å². The number of aliphatic hydroxyl groups excluding tert-OH is 1. The van der Waals surface area contributed by atoms with Crippen LogP contribution in [0, 0.1) is 5.92 Å². The van der Waals surface area contributed by atoms with Crippen LogP contribution in [0.1, 0.15) is 25.5 Å². The number of benzene rings is 1.